The molecule has 0 aliphatic carbocycles. The maximum Gasteiger partial charge on any atom is 0.338 e. The van der Waals surface area contributed by atoms with Crippen LogP contribution in [0.4, 0.5) is 0 Å². The lowest BCUT2D eigenvalue weighted by atomic mass is 10.1. The van der Waals surface area contributed by atoms with Crippen LogP contribution in [0.25, 0.3) is 0 Å². The zero-order valence-corrected chi connectivity index (χ0v) is 22.2. The van der Waals surface area contributed by atoms with Crippen LogP contribution < -0.4 is 0 Å². The zero-order chi connectivity index (χ0) is 28.7. The van der Waals surface area contributed by atoms with Crippen LogP contribution in [0.3, 0.4) is 0 Å². The molecule has 0 bridgehead atoms. The summed E-state index contributed by atoms with van der Waals surface area (Å²) in [6.45, 7) is -0.120. The first kappa shape index (κ1) is 28.8. The van der Waals surface area contributed by atoms with Crippen LogP contribution in [0.5, 0.6) is 0 Å². The van der Waals surface area contributed by atoms with Gasteiger partial charge in [-0.15, -0.1) is 0 Å². The molecule has 0 unspecified atom stereocenters. The summed E-state index contributed by atoms with van der Waals surface area (Å²) < 4.78 is 17.0. The average molecular weight is 552 g/mol. The largest absolute Gasteiger partial charge is 0.458 e. The van der Waals surface area contributed by atoms with Crippen LogP contribution in [-0.4, -0.2) is 42.9 Å². The van der Waals surface area contributed by atoms with Crippen molar-refractivity contribution in [2.75, 3.05) is 6.61 Å². The third-order valence-corrected chi connectivity index (χ3v) is 5.90. The van der Waals surface area contributed by atoms with E-state index in [4.69, 9.17) is 19.0 Å². The number of carbonyl (C=O) groups excluding carboxylic acids is 3. The van der Waals surface area contributed by atoms with Crippen LogP contribution in [0.2, 0.25) is 0 Å². The third-order valence-electron chi connectivity index (χ3n) is 5.90. The van der Waals surface area contributed by atoms with E-state index >= 15 is 0 Å². The molecule has 0 spiro atoms. The molecule has 4 rings (SSSR count). The van der Waals surface area contributed by atoms with Gasteiger partial charge in [-0.25, -0.2) is 14.4 Å². The molecule has 0 fully saturated rings. The minimum Gasteiger partial charge on any atom is -0.458 e. The van der Waals surface area contributed by atoms with Gasteiger partial charge >= 0.3 is 17.9 Å². The van der Waals surface area contributed by atoms with Gasteiger partial charge in [0, 0.05) is 12.6 Å². The van der Waals surface area contributed by atoms with Gasteiger partial charge in [0.15, 0.2) is 6.10 Å². The molecular weight excluding hydrogens is 522 g/mol. The molecule has 0 heterocycles. The van der Waals surface area contributed by atoms with E-state index in [0.717, 1.165) is 5.56 Å². The second kappa shape index (κ2) is 15.4. The standard InChI is InChI=1S/C33H29NO7/c35-31(26-15-7-2-8-16-26)38-24-30(41-33(37)28-19-11-4-12-20-28)29(40-32(36)27-17-9-3-10-18-27)21-22-34-39-23-25-13-5-1-6-14-25/h1-20,22,29-30H,21,23-24H2/b34-22-/t29-,30+/m0/s1. The number of hydrogen-bond acceptors (Lipinski definition) is 8. The molecule has 0 aliphatic heterocycles. The van der Waals surface area contributed by atoms with Crippen molar-refractivity contribution < 1.29 is 33.4 Å². The molecule has 0 saturated heterocycles. The van der Waals surface area contributed by atoms with Gasteiger partial charge in [0.2, 0.25) is 0 Å². The van der Waals surface area contributed by atoms with Crippen LogP contribution in [-0.2, 0) is 25.7 Å². The van der Waals surface area contributed by atoms with E-state index in [2.05, 4.69) is 5.16 Å². The summed E-state index contributed by atoms with van der Waals surface area (Å²) in [5.74, 6) is -1.91. The fraction of sp³-hybridized carbons (Fsp3) is 0.152. The molecule has 0 saturated carbocycles. The van der Waals surface area contributed by atoms with Gasteiger partial charge in [0.05, 0.1) is 16.7 Å². The van der Waals surface area contributed by atoms with Crippen molar-refractivity contribution in [3.05, 3.63) is 144 Å². The molecular formula is C33H29NO7. The molecule has 0 N–H and O–H groups in total. The number of ether oxygens (including phenoxy) is 3. The van der Waals surface area contributed by atoms with Crippen LogP contribution >= 0.6 is 0 Å². The molecule has 208 valence electrons. The Kier molecular flexibility index (Phi) is 10.8. The van der Waals surface area contributed by atoms with E-state index in [1.807, 2.05) is 30.3 Å². The SMILES string of the molecule is O=C(OC[C@@H](OC(=O)c1ccccc1)[C@H](C/C=N\OCc1ccccc1)OC(=O)c1ccccc1)c1ccccc1. The molecule has 8 nitrogen and oxygen atoms in total. The lowest BCUT2D eigenvalue weighted by molar-refractivity contribution is -0.0555. The van der Waals surface area contributed by atoms with Crippen molar-refractivity contribution >= 4 is 24.1 Å². The smallest absolute Gasteiger partial charge is 0.338 e. The highest BCUT2D eigenvalue weighted by Crippen LogP contribution is 2.16. The van der Waals surface area contributed by atoms with Crippen LogP contribution in [0, 0.1) is 0 Å². The summed E-state index contributed by atoms with van der Waals surface area (Å²) in [5.41, 5.74) is 1.86. The number of benzene rings is 4. The Morgan fingerprint density at radius 2 is 1.02 bits per heavy atom. The predicted molar refractivity (Wildman–Crippen MR) is 152 cm³/mol. The average Bonchev–Trinajstić information content (AvgIpc) is 3.03. The number of esters is 3. The maximum atomic E-state index is 13.0. The second-order valence-electron chi connectivity index (χ2n) is 8.87. The monoisotopic (exact) mass is 551 g/mol. The lowest BCUT2D eigenvalue weighted by Crippen LogP contribution is -2.39. The summed E-state index contributed by atoms with van der Waals surface area (Å²) in [7, 11) is 0. The Morgan fingerprint density at radius 3 is 1.54 bits per heavy atom. The first-order valence-corrected chi connectivity index (χ1v) is 13.0. The molecule has 41 heavy (non-hydrogen) atoms. The normalized spacial score (nSPS) is 12.2. The summed E-state index contributed by atoms with van der Waals surface area (Å²) in [4.78, 5) is 44.1. The Labute approximate surface area is 238 Å². The number of carbonyl (C=O) groups is 3. The maximum absolute atomic E-state index is 13.0. The highest BCUT2D eigenvalue weighted by molar-refractivity contribution is 5.91. The van der Waals surface area contributed by atoms with Crippen LogP contribution in [0.15, 0.2) is 126 Å². The Hall–Kier alpha value is -5.24. The van der Waals surface area contributed by atoms with Gasteiger partial charge < -0.3 is 19.0 Å². The molecule has 0 amide bonds. The van der Waals surface area contributed by atoms with E-state index in [0.29, 0.717) is 16.7 Å². The minimum atomic E-state index is -1.15. The van der Waals surface area contributed by atoms with Gasteiger partial charge in [-0.3, -0.25) is 0 Å². The molecule has 0 aromatic heterocycles. The van der Waals surface area contributed by atoms with E-state index < -0.39 is 30.1 Å². The zero-order valence-electron chi connectivity index (χ0n) is 22.2. The minimum absolute atomic E-state index is 0.0169. The van der Waals surface area contributed by atoms with Crippen molar-refractivity contribution in [1.82, 2.24) is 0 Å². The van der Waals surface area contributed by atoms with Gasteiger partial charge in [-0.2, -0.15) is 0 Å². The number of oxime groups is 1. The highest BCUT2D eigenvalue weighted by atomic mass is 16.6. The highest BCUT2D eigenvalue weighted by Gasteiger charge is 2.31. The van der Waals surface area contributed by atoms with E-state index in [-0.39, 0.29) is 19.6 Å². The number of rotatable bonds is 13. The summed E-state index contributed by atoms with van der Waals surface area (Å²) in [6, 6.07) is 34.7. The number of hydrogen-bond donors (Lipinski definition) is 0. The van der Waals surface area contributed by atoms with Crippen LogP contribution in [0.1, 0.15) is 43.1 Å². The van der Waals surface area contributed by atoms with Crippen molar-refractivity contribution in [3.8, 4) is 0 Å². The quantitative estimate of drug-likeness (QED) is 0.0884. The predicted octanol–water partition coefficient (Wildman–Crippen LogP) is 5.89. The van der Waals surface area contributed by atoms with Gasteiger partial charge in [0.25, 0.3) is 0 Å². The third kappa shape index (κ3) is 9.18. The molecule has 4 aromatic rings. The second-order valence-corrected chi connectivity index (χ2v) is 8.87. The summed E-state index contributed by atoms with van der Waals surface area (Å²) in [6.07, 6.45) is -0.760. The lowest BCUT2D eigenvalue weighted by Gasteiger charge is -2.26. The van der Waals surface area contributed by atoms with Crippen molar-refractivity contribution in [2.24, 2.45) is 5.16 Å². The van der Waals surface area contributed by atoms with E-state index in [1.165, 1.54) is 6.21 Å². The summed E-state index contributed by atoms with van der Waals surface area (Å²) in [5, 5.41) is 3.98. The Bertz CT molecular complexity index is 1410. The molecule has 4 aromatic carbocycles. The number of nitrogens with zero attached hydrogens (tertiary/aromatic N) is 1. The fourth-order valence-electron chi connectivity index (χ4n) is 3.75. The Balaban J connectivity index is 1.52. The van der Waals surface area contributed by atoms with E-state index in [1.54, 1.807) is 91.0 Å². The molecule has 0 radical (unpaired) electrons. The summed E-state index contributed by atoms with van der Waals surface area (Å²) >= 11 is 0. The Morgan fingerprint density at radius 1 is 0.585 bits per heavy atom. The first-order chi connectivity index (χ1) is 20.1. The van der Waals surface area contributed by atoms with Gasteiger partial charge in [0.1, 0.15) is 19.3 Å². The van der Waals surface area contributed by atoms with Crippen molar-refractivity contribution in [1.29, 1.82) is 0 Å². The van der Waals surface area contributed by atoms with Crippen molar-refractivity contribution in [2.45, 2.75) is 25.2 Å². The molecule has 2 atom stereocenters. The topological polar surface area (TPSA) is 100 Å². The van der Waals surface area contributed by atoms with Gasteiger partial charge in [-0.05, 0) is 42.0 Å². The molecule has 0 aliphatic rings. The van der Waals surface area contributed by atoms with Crippen molar-refractivity contribution in [3.63, 3.8) is 0 Å². The van der Waals surface area contributed by atoms with Gasteiger partial charge in [-0.1, -0.05) is 90.1 Å². The first-order valence-electron chi connectivity index (χ1n) is 13.0. The fourth-order valence-corrected chi connectivity index (χ4v) is 3.75. The van der Waals surface area contributed by atoms with E-state index in [9.17, 15) is 14.4 Å². The molecule has 8 heteroatoms.